The summed E-state index contributed by atoms with van der Waals surface area (Å²) in [5.74, 6) is 0. The third-order valence-corrected chi connectivity index (χ3v) is 12.2. The number of aromatic nitrogens is 2. The number of para-hydroxylation sites is 2. The molecule has 0 radical (unpaired) electrons. The summed E-state index contributed by atoms with van der Waals surface area (Å²) in [7, 11) is 0. The number of hydrogen-bond donors (Lipinski definition) is 0. The minimum absolute atomic E-state index is 0.172. The number of nitrogens with zero attached hydrogens (tertiary/aromatic N) is 2. The molecule has 11 rings (SSSR count). The van der Waals surface area contributed by atoms with E-state index in [1.54, 1.807) is 0 Å². The predicted octanol–water partition coefficient (Wildman–Crippen LogP) is 14.8. The second kappa shape index (κ2) is 13.4. The first kappa shape index (κ1) is 34.0. The molecule has 0 spiro atoms. The van der Waals surface area contributed by atoms with E-state index in [1.165, 1.54) is 77.6 Å². The van der Waals surface area contributed by atoms with E-state index >= 15 is 0 Å². The van der Waals surface area contributed by atoms with E-state index in [0.717, 1.165) is 28.1 Å². The van der Waals surface area contributed by atoms with Gasteiger partial charge in [0.1, 0.15) is 0 Å². The average molecular weight is 741 g/mol. The van der Waals surface area contributed by atoms with Crippen LogP contribution in [0, 0.1) is 0 Å². The lowest BCUT2D eigenvalue weighted by Gasteiger charge is -2.23. The molecule has 58 heavy (non-hydrogen) atoms. The Hall–Kier alpha value is -7.29. The van der Waals surface area contributed by atoms with Crippen molar-refractivity contribution in [2.45, 2.75) is 19.3 Å². The minimum Gasteiger partial charge on any atom is -0.309 e. The molecule has 0 unspecified atom stereocenters. The summed E-state index contributed by atoms with van der Waals surface area (Å²) in [4.78, 5) is 5.22. The van der Waals surface area contributed by atoms with Gasteiger partial charge in [-0.2, -0.15) is 0 Å². The summed E-state index contributed by atoms with van der Waals surface area (Å²) in [6.07, 6.45) is 0. The molecule has 8 aromatic carbocycles. The SMILES string of the molecule is CC1(C)c2cc(-c3cccc(-c4cc(-c5ccccc5)cc(-c5ccccc5)n4)c3)ccc2-c2ccc(-c3cccc(-n4c5ccccc5c5ccccc54)c3)cc21. The molecule has 0 bridgehead atoms. The Morgan fingerprint density at radius 2 is 0.810 bits per heavy atom. The van der Waals surface area contributed by atoms with Crippen molar-refractivity contribution >= 4 is 21.8 Å². The first-order valence-corrected chi connectivity index (χ1v) is 20.1. The lowest BCUT2D eigenvalue weighted by molar-refractivity contribution is 0.661. The molecule has 10 aromatic rings. The minimum atomic E-state index is -0.172. The Morgan fingerprint density at radius 1 is 0.345 bits per heavy atom. The summed E-state index contributed by atoms with van der Waals surface area (Å²) < 4.78 is 2.40. The van der Waals surface area contributed by atoms with Gasteiger partial charge in [0.25, 0.3) is 0 Å². The molecule has 1 aliphatic rings. The van der Waals surface area contributed by atoms with Gasteiger partial charge in [-0.25, -0.2) is 4.98 Å². The van der Waals surface area contributed by atoms with E-state index in [4.69, 9.17) is 4.98 Å². The van der Waals surface area contributed by atoms with Gasteiger partial charge in [0.05, 0.1) is 22.4 Å². The van der Waals surface area contributed by atoms with Crippen molar-refractivity contribution in [3.05, 3.63) is 217 Å². The summed E-state index contributed by atoms with van der Waals surface area (Å²) in [5.41, 5.74) is 20.1. The first-order chi connectivity index (χ1) is 28.5. The smallest absolute Gasteiger partial charge is 0.0715 e. The lowest BCUT2D eigenvalue weighted by atomic mass is 9.80. The van der Waals surface area contributed by atoms with Gasteiger partial charge in [0, 0.05) is 33.0 Å². The maximum absolute atomic E-state index is 5.22. The van der Waals surface area contributed by atoms with E-state index in [9.17, 15) is 0 Å². The number of fused-ring (bicyclic) bond motifs is 6. The first-order valence-electron chi connectivity index (χ1n) is 20.1. The fourth-order valence-electron chi connectivity index (χ4n) is 9.21. The van der Waals surface area contributed by atoms with Crippen LogP contribution in [0.25, 0.3) is 94.5 Å². The molecule has 0 atom stereocenters. The molecule has 2 heteroatoms. The van der Waals surface area contributed by atoms with Crippen molar-refractivity contribution in [1.29, 1.82) is 0 Å². The topological polar surface area (TPSA) is 17.8 Å². The van der Waals surface area contributed by atoms with Gasteiger partial charge in [0.2, 0.25) is 0 Å². The monoisotopic (exact) mass is 740 g/mol. The van der Waals surface area contributed by atoms with E-state index < -0.39 is 0 Å². The molecule has 0 fully saturated rings. The number of benzene rings is 8. The van der Waals surface area contributed by atoms with Crippen LogP contribution in [-0.4, -0.2) is 9.55 Å². The second-order valence-electron chi connectivity index (χ2n) is 16.0. The molecule has 274 valence electrons. The quantitative estimate of drug-likeness (QED) is 0.166. The predicted molar refractivity (Wildman–Crippen MR) is 243 cm³/mol. The van der Waals surface area contributed by atoms with Gasteiger partial charge < -0.3 is 4.57 Å². The Morgan fingerprint density at radius 3 is 1.43 bits per heavy atom. The largest absolute Gasteiger partial charge is 0.309 e. The molecular formula is C56H40N2. The molecule has 0 N–H and O–H groups in total. The van der Waals surface area contributed by atoms with Crippen molar-refractivity contribution in [2.24, 2.45) is 0 Å². The number of hydrogen-bond acceptors (Lipinski definition) is 1. The maximum Gasteiger partial charge on any atom is 0.0715 e. The Labute approximate surface area is 339 Å². The van der Waals surface area contributed by atoms with Crippen LogP contribution in [0.3, 0.4) is 0 Å². The molecule has 0 aliphatic heterocycles. The van der Waals surface area contributed by atoms with Crippen molar-refractivity contribution in [1.82, 2.24) is 9.55 Å². The van der Waals surface area contributed by atoms with Gasteiger partial charge in [-0.05, 0) is 110 Å². The van der Waals surface area contributed by atoms with Gasteiger partial charge >= 0.3 is 0 Å². The van der Waals surface area contributed by atoms with Gasteiger partial charge in [-0.3, -0.25) is 0 Å². The average Bonchev–Trinajstić information content (AvgIpc) is 3.74. The normalized spacial score (nSPS) is 12.8. The van der Waals surface area contributed by atoms with Crippen LogP contribution in [0.5, 0.6) is 0 Å². The highest BCUT2D eigenvalue weighted by Gasteiger charge is 2.36. The van der Waals surface area contributed by atoms with E-state index in [1.807, 2.05) is 0 Å². The third-order valence-electron chi connectivity index (χ3n) is 12.2. The zero-order valence-corrected chi connectivity index (χ0v) is 32.5. The van der Waals surface area contributed by atoms with Crippen LogP contribution in [0.1, 0.15) is 25.0 Å². The van der Waals surface area contributed by atoms with Gasteiger partial charge in [-0.1, -0.05) is 166 Å². The van der Waals surface area contributed by atoms with E-state index in [0.29, 0.717) is 0 Å². The highest BCUT2D eigenvalue weighted by atomic mass is 15.0. The van der Waals surface area contributed by atoms with Crippen LogP contribution >= 0.6 is 0 Å². The second-order valence-corrected chi connectivity index (χ2v) is 16.0. The van der Waals surface area contributed by atoms with E-state index in [2.05, 4.69) is 225 Å². The number of pyridine rings is 1. The van der Waals surface area contributed by atoms with Gasteiger partial charge in [0.15, 0.2) is 0 Å². The molecular weight excluding hydrogens is 701 g/mol. The maximum atomic E-state index is 5.22. The van der Waals surface area contributed by atoms with Crippen molar-refractivity contribution < 1.29 is 0 Å². The molecule has 1 aliphatic carbocycles. The fourth-order valence-corrected chi connectivity index (χ4v) is 9.21. The molecule has 2 nitrogen and oxygen atoms in total. The van der Waals surface area contributed by atoms with Crippen molar-refractivity contribution in [3.8, 4) is 72.7 Å². The zero-order chi connectivity index (χ0) is 38.8. The molecule has 0 saturated heterocycles. The van der Waals surface area contributed by atoms with Crippen LogP contribution in [0.2, 0.25) is 0 Å². The fraction of sp³-hybridized carbons (Fsp3) is 0.0536. The Balaban J connectivity index is 0.949. The highest BCUT2D eigenvalue weighted by Crippen LogP contribution is 2.51. The summed E-state index contributed by atoms with van der Waals surface area (Å²) in [5, 5.41) is 2.55. The lowest BCUT2D eigenvalue weighted by Crippen LogP contribution is -2.15. The zero-order valence-electron chi connectivity index (χ0n) is 32.5. The van der Waals surface area contributed by atoms with E-state index in [-0.39, 0.29) is 5.41 Å². The third kappa shape index (κ3) is 5.60. The van der Waals surface area contributed by atoms with Crippen LogP contribution in [-0.2, 0) is 5.41 Å². The summed E-state index contributed by atoms with van der Waals surface area (Å²) in [6.45, 7) is 4.75. The van der Waals surface area contributed by atoms with Crippen LogP contribution < -0.4 is 0 Å². The number of rotatable bonds is 6. The highest BCUT2D eigenvalue weighted by molar-refractivity contribution is 6.09. The Kier molecular flexibility index (Phi) is 7.87. The van der Waals surface area contributed by atoms with Gasteiger partial charge in [-0.15, -0.1) is 0 Å². The molecule has 0 saturated carbocycles. The molecule has 2 heterocycles. The van der Waals surface area contributed by atoms with Crippen molar-refractivity contribution in [3.63, 3.8) is 0 Å². The van der Waals surface area contributed by atoms with Crippen molar-refractivity contribution in [2.75, 3.05) is 0 Å². The molecule has 2 aromatic heterocycles. The molecule has 0 amide bonds. The summed E-state index contributed by atoms with van der Waals surface area (Å²) in [6, 6.07) is 74.9. The van der Waals surface area contributed by atoms with Crippen LogP contribution in [0.4, 0.5) is 0 Å². The Bertz CT molecular complexity index is 3080. The van der Waals surface area contributed by atoms with Crippen LogP contribution in [0.15, 0.2) is 206 Å². The standard InChI is InChI=1S/C56H40N2/c1-56(2)50-33-41(39-19-13-21-43(31-39)53-36-44(37-15-5-3-6-16-37)35-52(57-53)38-17-7-4-8-18-38)27-29-46(50)47-30-28-42(34-51(47)56)40-20-14-22-45(32-40)58-54-25-11-9-23-48(54)49-24-10-12-26-55(49)58/h3-36H,1-2H3. The summed E-state index contributed by atoms with van der Waals surface area (Å²) >= 11 is 0.